The molecule has 1 fully saturated rings. The van der Waals surface area contributed by atoms with Crippen molar-refractivity contribution in [2.45, 2.75) is 229 Å². The highest BCUT2D eigenvalue weighted by atomic mass is 16.6. The van der Waals surface area contributed by atoms with Crippen molar-refractivity contribution in [2.75, 3.05) is 60.3 Å². The van der Waals surface area contributed by atoms with Crippen molar-refractivity contribution in [3.63, 3.8) is 0 Å². The quantitative estimate of drug-likeness (QED) is 0.0305. The van der Waals surface area contributed by atoms with E-state index in [9.17, 15) is 57.5 Å². The van der Waals surface area contributed by atoms with Crippen molar-refractivity contribution in [2.24, 2.45) is 52.6 Å². The molecule has 0 radical (unpaired) electrons. The monoisotopic (exact) mass is 1410 g/mol. The molecular formula is C77H121N9O15. The van der Waals surface area contributed by atoms with E-state index in [-0.39, 0.29) is 146 Å². The van der Waals surface area contributed by atoms with E-state index in [4.69, 9.17) is 19.9 Å². The molecule has 2 aromatic carbocycles. The lowest BCUT2D eigenvalue weighted by molar-refractivity contribution is -0.143. The molecular weight excluding hydrogens is 1290 g/mol. The third kappa shape index (κ3) is 29.3. The van der Waals surface area contributed by atoms with Gasteiger partial charge in [0.1, 0.15) is 12.4 Å². The van der Waals surface area contributed by atoms with Crippen molar-refractivity contribution < 1.29 is 71.7 Å². The zero-order valence-electron chi connectivity index (χ0n) is 63.7. The number of carbonyl (C=O) groups excluding carboxylic acids is 12. The predicted octanol–water partition coefficient (Wildman–Crippen LogP) is 9.43. The Kier molecular flexibility index (Phi) is 37.5. The standard InChI is InChI=1S/C43H64N6O10.C34H57N3O5/c1-26(2)33(29(7)50)24-35(52)40(28(5)6)48(8)43(58)59-25-30-15-17-32(18-16-30)46-41(56)31(13-12-21-45-42(44)57)23-34(51)39(27(3)4)47-36(53)14-10-9-11-22-49-37(54)19-20-38(49)55;1-11-23(2)31(36(7)8)29(41-9)21-30(39)37-19-15-18-27(37)32(42-10)24(3)33(40)35-26(28(38)22-34(4,5)6)20-25-16-13-12-14-17-25/h15-20,26-28,31,33,39-40H,9-14,21-25H2,1-8H3,(H,46,56)(H,47,53)(H3,44,45,57);12-14,16-17,23-24,26-27,29,31-32H,11,15,18-22H2,1-10H3,(H,35,40)/t31-,33+,39+,40+;23-,24+,26-,27-,29+,31-,32+/m10/s1. The first kappa shape index (κ1) is 87.5. The van der Waals surface area contributed by atoms with Gasteiger partial charge in [-0.2, -0.15) is 0 Å². The number of nitrogens with two attached hydrogens (primary N) is 1. The number of Topliss-reactive ketones (excluding diaryl/α,β-unsaturated/α-hetero) is 4. The number of urea groups is 1. The highest BCUT2D eigenvalue weighted by Gasteiger charge is 2.43. The van der Waals surface area contributed by atoms with Gasteiger partial charge in [-0.3, -0.25) is 52.8 Å². The largest absolute Gasteiger partial charge is 0.445 e. The highest BCUT2D eigenvalue weighted by molar-refractivity contribution is 6.12. The summed E-state index contributed by atoms with van der Waals surface area (Å²) in [5.41, 5.74) is 7.03. The number of ether oxygens (including phenoxy) is 3. The minimum absolute atomic E-state index is 0.0147. The number of ketones is 4. The fourth-order valence-electron chi connectivity index (χ4n) is 13.4. The second-order valence-corrected chi connectivity index (χ2v) is 29.8. The zero-order chi connectivity index (χ0) is 76.0. The Morgan fingerprint density at radius 3 is 1.88 bits per heavy atom. The summed E-state index contributed by atoms with van der Waals surface area (Å²) in [5.74, 6) is -4.20. The summed E-state index contributed by atoms with van der Waals surface area (Å²) in [6.07, 6.45) is 6.93. The minimum atomic E-state index is -0.847. The van der Waals surface area contributed by atoms with Crippen LogP contribution < -0.4 is 27.0 Å². The van der Waals surface area contributed by atoms with Gasteiger partial charge in [0.25, 0.3) is 11.8 Å². The summed E-state index contributed by atoms with van der Waals surface area (Å²) in [7, 11) is 8.84. The molecule has 2 aromatic rings. The second-order valence-electron chi connectivity index (χ2n) is 29.8. The lowest BCUT2D eigenvalue weighted by atomic mass is 9.84. The zero-order valence-corrected chi connectivity index (χ0v) is 63.7. The molecule has 0 unspecified atom stereocenters. The van der Waals surface area contributed by atoms with Crippen molar-refractivity contribution in [3.8, 4) is 0 Å². The number of anilines is 1. The average Bonchev–Trinajstić information content (AvgIpc) is 1.76. The van der Waals surface area contributed by atoms with Crippen LogP contribution >= 0.6 is 0 Å². The number of unbranched alkanes of at least 4 members (excludes halogenated alkanes) is 2. The van der Waals surface area contributed by atoms with Gasteiger partial charge in [-0.15, -0.1) is 0 Å². The number of imide groups is 1. The number of methoxy groups -OCH3 is 2. The second kappa shape index (κ2) is 43.3. The number of primary amides is 1. The molecule has 24 nitrogen and oxygen atoms in total. The van der Waals surface area contributed by atoms with E-state index in [1.165, 1.54) is 31.0 Å². The highest BCUT2D eigenvalue weighted by Crippen LogP contribution is 2.31. The van der Waals surface area contributed by atoms with Crippen LogP contribution in [0.15, 0.2) is 66.7 Å². The number of nitrogens with zero attached hydrogens (tertiary/aromatic N) is 4. The van der Waals surface area contributed by atoms with Crippen LogP contribution in [0.5, 0.6) is 0 Å². The predicted molar refractivity (Wildman–Crippen MR) is 390 cm³/mol. The molecule has 564 valence electrons. The van der Waals surface area contributed by atoms with Crippen LogP contribution in [0.2, 0.25) is 0 Å². The van der Waals surface area contributed by atoms with Gasteiger partial charge < -0.3 is 55.9 Å². The van der Waals surface area contributed by atoms with E-state index in [1.807, 2.05) is 105 Å². The third-order valence-corrected chi connectivity index (χ3v) is 19.1. The summed E-state index contributed by atoms with van der Waals surface area (Å²) >= 11 is 0. The fraction of sp³-hybridized carbons (Fsp3) is 0.662. The Morgan fingerprint density at radius 2 is 1.35 bits per heavy atom. The van der Waals surface area contributed by atoms with Crippen molar-refractivity contribution in [1.29, 1.82) is 0 Å². The molecule has 0 bridgehead atoms. The normalized spacial score (nSPS) is 16.8. The lowest BCUT2D eigenvalue weighted by Crippen LogP contribution is -2.53. The lowest BCUT2D eigenvalue weighted by Gasteiger charge is -2.38. The summed E-state index contributed by atoms with van der Waals surface area (Å²) in [6.45, 7) is 25.7. The summed E-state index contributed by atoms with van der Waals surface area (Å²) in [6, 6.07) is 13.3. The maximum atomic E-state index is 13.7. The molecule has 24 heteroatoms. The van der Waals surface area contributed by atoms with Gasteiger partial charge in [0.05, 0.1) is 48.7 Å². The first-order valence-corrected chi connectivity index (χ1v) is 36.1. The smallest absolute Gasteiger partial charge is 0.410 e. The van der Waals surface area contributed by atoms with Crippen molar-refractivity contribution in [1.82, 2.24) is 35.6 Å². The van der Waals surface area contributed by atoms with Gasteiger partial charge in [-0.1, -0.05) is 138 Å². The number of rotatable bonds is 42. The van der Waals surface area contributed by atoms with Crippen LogP contribution in [-0.4, -0.2) is 188 Å². The van der Waals surface area contributed by atoms with Crippen LogP contribution in [0.4, 0.5) is 15.3 Å². The molecule has 4 rings (SSSR count). The number of hydrogen-bond acceptors (Lipinski definition) is 16. The molecule has 2 heterocycles. The van der Waals surface area contributed by atoms with E-state index in [0.717, 1.165) is 29.7 Å². The Balaban J connectivity index is 0.000000556. The fourth-order valence-corrected chi connectivity index (χ4v) is 13.4. The molecule has 101 heavy (non-hydrogen) atoms. The number of carbonyl (C=O) groups is 12. The van der Waals surface area contributed by atoms with Crippen LogP contribution in [0.3, 0.4) is 0 Å². The van der Waals surface area contributed by atoms with E-state index >= 15 is 0 Å². The molecule has 2 aliphatic rings. The Hall–Kier alpha value is -7.70. The average molecular weight is 1410 g/mol. The summed E-state index contributed by atoms with van der Waals surface area (Å²) < 4.78 is 17.3. The van der Waals surface area contributed by atoms with Gasteiger partial charge in [-0.25, -0.2) is 9.59 Å². The van der Waals surface area contributed by atoms with Gasteiger partial charge in [0.2, 0.25) is 23.6 Å². The molecule has 11 atom stereocenters. The number of likely N-dealkylation sites (tertiary alicyclic amines) is 1. The van der Waals surface area contributed by atoms with Gasteiger partial charge in [-0.05, 0) is 118 Å². The molecule has 6 N–H and O–H groups in total. The molecule has 0 spiro atoms. The van der Waals surface area contributed by atoms with Crippen LogP contribution in [0.25, 0.3) is 0 Å². The molecule has 9 amide bonds. The Labute approximate surface area is 600 Å². The molecule has 1 saturated heterocycles. The SMILES string of the molecule is CC(=O)[C@@H](CC(=O)[C@H](C(C)C)N(C)C(=O)OCc1ccc(NC(=O)[C@H](CCCNC(N)=O)CC(=O)[C@@H](NC(=O)CCCCCN2C(=O)C=CC2=O)C(C)C)cc1)C(C)C.CC[C@H](C)[C@@H]([C@@H](CC(=O)N1CCC[C@H]1[C@H](OC)[C@@H](C)C(=O)N[C@@H](Cc1ccccc1)C(=O)CC(C)(C)C)OC)N(C)C. The minimum Gasteiger partial charge on any atom is -0.445 e. The summed E-state index contributed by atoms with van der Waals surface area (Å²) in [4.78, 5) is 160. The number of benzene rings is 2. The summed E-state index contributed by atoms with van der Waals surface area (Å²) in [5, 5.41) is 11.2. The number of likely N-dealkylation sites (N-methyl/N-ethyl adjacent to an activating group) is 2. The maximum Gasteiger partial charge on any atom is 0.410 e. The maximum absolute atomic E-state index is 13.7. The first-order valence-electron chi connectivity index (χ1n) is 36.1. The molecule has 0 aromatic heterocycles. The van der Waals surface area contributed by atoms with Crippen LogP contribution in [0, 0.1) is 46.8 Å². The van der Waals surface area contributed by atoms with Crippen LogP contribution in [-0.2, 0) is 75.2 Å². The van der Waals surface area contributed by atoms with E-state index in [1.54, 1.807) is 52.3 Å². The van der Waals surface area contributed by atoms with Gasteiger partial charge in [0, 0.05) is 102 Å². The van der Waals surface area contributed by atoms with Crippen molar-refractivity contribution >= 4 is 76.4 Å². The van der Waals surface area contributed by atoms with E-state index in [2.05, 4.69) is 40.0 Å². The van der Waals surface area contributed by atoms with E-state index in [0.29, 0.717) is 62.2 Å². The number of amides is 9. The van der Waals surface area contributed by atoms with Crippen LogP contribution in [0.1, 0.15) is 185 Å². The van der Waals surface area contributed by atoms with Crippen molar-refractivity contribution in [3.05, 3.63) is 77.9 Å². The third-order valence-electron chi connectivity index (χ3n) is 19.1. The molecule has 0 aliphatic carbocycles. The number of nitrogens with one attached hydrogen (secondary N) is 4. The topological polar surface area (TPSA) is 320 Å². The van der Waals surface area contributed by atoms with E-state index < -0.39 is 60.0 Å². The Bertz CT molecular complexity index is 3060. The number of hydrogen-bond donors (Lipinski definition) is 5. The molecule has 2 aliphatic heterocycles. The first-order chi connectivity index (χ1) is 47.5. The van der Waals surface area contributed by atoms with Gasteiger partial charge in [0.15, 0.2) is 17.3 Å². The van der Waals surface area contributed by atoms with Gasteiger partial charge >= 0.3 is 12.1 Å². The Morgan fingerprint density at radius 1 is 0.713 bits per heavy atom. The molecule has 0 saturated carbocycles.